The van der Waals surface area contributed by atoms with Crippen LogP contribution in [0.1, 0.15) is 179 Å². The van der Waals surface area contributed by atoms with Crippen molar-refractivity contribution in [2.45, 2.75) is 187 Å². The lowest BCUT2D eigenvalue weighted by atomic mass is 9.79. The van der Waals surface area contributed by atoms with E-state index >= 15 is 0 Å². The van der Waals surface area contributed by atoms with Crippen LogP contribution in [0.25, 0.3) is 0 Å². The highest BCUT2D eigenvalue weighted by molar-refractivity contribution is 5.80. The third-order valence-electron chi connectivity index (χ3n) is 12.0. The van der Waals surface area contributed by atoms with Crippen molar-refractivity contribution in [2.24, 2.45) is 23.7 Å². The third-order valence-corrected chi connectivity index (χ3v) is 12.0. The highest BCUT2D eigenvalue weighted by Crippen LogP contribution is 2.39. The van der Waals surface area contributed by atoms with Crippen LogP contribution < -0.4 is 4.74 Å². The summed E-state index contributed by atoms with van der Waals surface area (Å²) in [6, 6.07) is 5.76. The molecule has 3 aliphatic rings. The van der Waals surface area contributed by atoms with Gasteiger partial charge in [0, 0.05) is 18.1 Å². The number of hydrogen-bond acceptors (Lipinski definition) is 9. The van der Waals surface area contributed by atoms with Gasteiger partial charge in [0.15, 0.2) is 0 Å². The Hall–Kier alpha value is -3.20. The van der Waals surface area contributed by atoms with E-state index in [2.05, 4.69) is 25.3 Å². The molecule has 9 heteroatoms. The van der Waals surface area contributed by atoms with Gasteiger partial charge in [0.1, 0.15) is 11.9 Å². The van der Waals surface area contributed by atoms with Crippen molar-refractivity contribution in [3.63, 3.8) is 0 Å². The first-order chi connectivity index (χ1) is 26.2. The lowest BCUT2D eigenvalue weighted by Crippen LogP contribution is -2.30. The minimum atomic E-state index is -1.08. The van der Waals surface area contributed by atoms with Gasteiger partial charge in [-0.05, 0) is 106 Å². The standard InChI is InChI=1S/C45H68O9/c1-5-9-11-14-32-16-20-35(21-17-32)44(48)50-39-27-24-34(25-28-39)37-26-29-40(51-45(49)36-22-18-33(19-23-36)15-12-10-6-2)38(30-37)31-42(47)52-43(13-7-3)54-53-41(46)8-4/h8,26,29-30,32-36,39,43H,4-7,9-25,27-28,31H2,1-3H3. The Kier molecular flexibility index (Phi) is 19.1. The van der Waals surface area contributed by atoms with E-state index in [0.29, 0.717) is 30.1 Å². The van der Waals surface area contributed by atoms with Gasteiger partial charge in [0.25, 0.3) is 0 Å². The molecule has 3 aliphatic carbocycles. The maximum Gasteiger partial charge on any atom is 0.365 e. The molecule has 0 saturated heterocycles. The second kappa shape index (κ2) is 23.7. The topological polar surface area (TPSA) is 114 Å². The number of hydrogen-bond donors (Lipinski definition) is 0. The molecule has 0 aliphatic heterocycles. The number of carbonyl (C=O) groups is 4. The van der Waals surface area contributed by atoms with Crippen molar-refractivity contribution in [2.75, 3.05) is 0 Å². The molecule has 3 fully saturated rings. The number of ether oxygens (including phenoxy) is 3. The average molecular weight is 753 g/mol. The number of rotatable bonds is 21. The molecule has 302 valence electrons. The van der Waals surface area contributed by atoms with E-state index in [1.807, 2.05) is 25.1 Å². The second-order valence-corrected chi connectivity index (χ2v) is 16.2. The van der Waals surface area contributed by atoms with E-state index in [-0.39, 0.29) is 42.2 Å². The van der Waals surface area contributed by atoms with Crippen LogP contribution in [-0.2, 0) is 44.8 Å². The fourth-order valence-electron chi connectivity index (χ4n) is 8.64. The number of carbonyl (C=O) groups excluding carboxylic acids is 4. The Balaban J connectivity index is 1.36. The van der Waals surface area contributed by atoms with Gasteiger partial charge in [-0.25, -0.2) is 4.79 Å². The minimum absolute atomic E-state index is 0.0213. The average Bonchev–Trinajstić information content (AvgIpc) is 3.18. The SMILES string of the molecule is C=CC(=O)OOC(CCC)OC(=O)Cc1cc(C2CCC(OC(=O)C3CCC(CCCCC)CC3)CC2)ccc1OC(=O)C1CCC(CCCCC)CC1. The summed E-state index contributed by atoms with van der Waals surface area (Å²) >= 11 is 0. The van der Waals surface area contributed by atoms with Gasteiger partial charge in [-0.15, -0.1) is 4.89 Å². The zero-order valence-electron chi connectivity index (χ0n) is 33.5. The van der Waals surface area contributed by atoms with Crippen molar-refractivity contribution in [1.82, 2.24) is 0 Å². The van der Waals surface area contributed by atoms with Crippen molar-refractivity contribution < 1.29 is 43.2 Å². The van der Waals surface area contributed by atoms with Crippen LogP contribution in [0.15, 0.2) is 30.9 Å². The van der Waals surface area contributed by atoms with E-state index < -0.39 is 18.2 Å². The van der Waals surface area contributed by atoms with Gasteiger partial charge in [-0.2, -0.15) is 0 Å². The Morgan fingerprint density at radius 1 is 0.741 bits per heavy atom. The quantitative estimate of drug-likeness (QED) is 0.0230. The van der Waals surface area contributed by atoms with Crippen LogP contribution in [0, 0.1) is 23.7 Å². The normalized spacial score (nSPS) is 24.9. The van der Waals surface area contributed by atoms with Gasteiger partial charge in [-0.3, -0.25) is 19.3 Å². The number of unbranched alkanes of at least 4 members (excludes halogenated alkanes) is 4. The Labute approximate surface area is 324 Å². The van der Waals surface area contributed by atoms with E-state index in [0.717, 1.165) is 94.6 Å². The smallest absolute Gasteiger partial charge is 0.365 e. The molecule has 0 bridgehead atoms. The summed E-state index contributed by atoms with van der Waals surface area (Å²) in [7, 11) is 0. The van der Waals surface area contributed by atoms with Gasteiger partial charge in [0.05, 0.1) is 18.3 Å². The first kappa shape index (κ1) is 43.5. The first-order valence-electron chi connectivity index (χ1n) is 21.5. The molecule has 0 radical (unpaired) electrons. The number of esters is 3. The molecule has 1 atom stereocenters. The molecule has 1 aromatic carbocycles. The lowest BCUT2D eigenvalue weighted by Gasteiger charge is -2.32. The van der Waals surface area contributed by atoms with Crippen molar-refractivity contribution in [3.8, 4) is 5.75 Å². The number of benzene rings is 1. The molecule has 0 amide bonds. The Bertz CT molecular complexity index is 1320. The van der Waals surface area contributed by atoms with Crippen LogP contribution in [0.3, 0.4) is 0 Å². The monoisotopic (exact) mass is 752 g/mol. The zero-order chi connectivity index (χ0) is 38.7. The second-order valence-electron chi connectivity index (χ2n) is 16.2. The van der Waals surface area contributed by atoms with E-state index in [4.69, 9.17) is 19.1 Å². The van der Waals surface area contributed by atoms with Gasteiger partial charge < -0.3 is 14.2 Å². The molecule has 54 heavy (non-hydrogen) atoms. The summed E-state index contributed by atoms with van der Waals surface area (Å²) in [5, 5.41) is 0. The van der Waals surface area contributed by atoms with Crippen LogP contribution in [0.2, 0.25) is 0 Å². The molecule has 9 nitrogen and oxygen atoms in total. The Morgan fingerprint density at radius 3 is 1.89 bits per heavy atom. The van der Waals surface area contributed by atoms with Crippen molar-refractivity contribution >= 4 is 23.9 Å². The highest BCUT2D eigenvalue weighted by atomic mass is 17.2. The molecule has 0 N–H and O–H groups in total. The molecule has 0 spiro atoms. The summed E-state index contributed by atoms with van der Waals surface area (Å²) in [5.74, 6) is 0.235. The molecule has 3 saturated carbocycles. The minimum Gasteiger partial charge on any atom is -0.462 e. The van der Waals surface area contributed by atoms with E-state index in [1.54, 1.807) is 0 Å². The first-order valence-corrected chi connectivity index (χ1v) is 21.5. The molecular weight excluding hydrogens is 684 g/mol. The summed E-state index contributed by atoms with van der Waals surface area (Å²) in [6.07, 6.45) is 21.8. The van der Waals surface area contributed by atoms with Gasteiger partial charge >= 0.3 is 23.9 Å². The van der Waals surface area contributed by atoms with Crippen LogP contribution in [-0.4, -0.2) is 36.3 Å². The van der Waals surface area contributed by atoms with Gasteiger partial charge in [-0.1, -0.05) is 97.3 Å². The van der Waals surface area contributed by atoms with E-state index in [9.17, 15) is 19.2 Å². The van der Waals surface area contributed by atoms with Gasteiger partial charge in [0.2, 0.25) is 6.29 Å². The summed E-state index contributed by atoms with van der Waals surface area (Å²) in [4.78, 5) is 61.2. The summed E-state index contributed by atoms with van der Waals surface area (Å²) in [6.45, 7) is 9.71. The lowest BCUT2D eigenvalue weighted by molar-refractivity contribution is -0.342. The van der Waals surface area contributed by atoms with E-state index in [1.165, 1.54) is 51.4 Å². The fraction of sp³-hybridized carbons (Fsp3) is 0.733. The largest absolute Gasteiger partial charge is 0.462 e. The molecule has 0 heterocycles. The predicted molar refractivity (Wildman–Crippen MR) is 208 cm³/mol. The van der Waals surface area contributed by atoms with Crippen LogP contribution in [0.5, 0.6) is 5.75 Å². The van der Waals surface area contributed by atoms with Crippen LogP contribution >= 0.6 is 0 Å². The molecule has 0 aromatic heterocycles. The highest BCUT2D eigenvalue weighted by Gasteiger charge is 2.32. The molecule has 4 rings (SSSR count). The molecule has 1 aromatic rings. The van der Waals surface area contributed by atoms with Crippen molar-refractivity contribution in [1.29, 1.82) is 0 Å². The fourth-order valence-corrected chi connectivity index (χ4v) is 8.64. The molecule has 1 unspecified atom stereocenters. The van der Waals surface area contributed by atoms with Crippen LogP contribution in [0.4, 0.5) is 0 Å². The summed E-state index contributed by atoms with van der Waals surface area (Å²) < 4.78 is 17.7. The molecular formula is C45H68O9. The zero-order valence-corrected chi connectivity index (χ0v) is 33.5. The predicted octanol–water partition coefficient (Wildman–Crippen LogP) is 10.8. The third kappa shape index (κ3) is 14.5. The summed E-state index contributed by atoms with van der Waals surface area (Å²) in [5.41, 5.74) is 1.62. The maximum absolute atomic E-state index is 13.5. The van der Waals surface area contributed by atoms with Crippen molar-refractivity contribution in [3.05, 3.63) is 42.0 Å². The Morgan fingerprint density at radius 2 is 1.33 bits per heavy atom. The maximum atomic E-state index is 13.5.